The number of aryl methyl sites for hydroxylation is 1. The molecule has 1 aromatic rings. The van der Waals surface area contributed by atoms with Crippen LogP contribution >= 0.6 is 11.3 Å². The summed E-state index contributed by atoms with van der Waals surface area (Å²) in [6.07, 6.45) is 3.54. The summed E-state index contributed by atoms with van der Waals surface area (Å²) in [5.74, 6) is -1.20. The van der Waals surface area contributed by atoms with Gasteiger partial charge < -0.3 is 10.0 Å². The van der Waals surface area contributed by atoms with Crippen LogP contribution in [0.5, 0.6) is 0 Å². The second-order valence-electron chi connectivity index (χ2n) is 5.18. The highest BCUT2D eigenvalue weighted by Gasteiger charge is 2.26. The summed E-state index contributed by atoms with van der Waals surface area (Å²) in [5, 5.41) is 10.6. The minimum absolute atomic E-state index is 0.0985. The van der Waals surface area contributed by atoms with Gasteiger partial charge in [-0.25, -0.2) is 17.9 Å². The van der Waals surface area contributed by atoms with Crippen molar-refractivity contribution in [1.29, 1.82) is 0 Å². The molecule has 6 nitrogen and oxygen atoms in total. The Morgan fingerprint density at radius 3 is 2.67 bits per heavy atom. The number of rotatable bonds is 6. The van der Waals surface area contributed by atoms with E-state index in [9.17, 15) is 13.2 Å². The van der Waals surface area contributed by atoms with E-state index in [4.69, 9.17) is 5.11 Å². The van der Waals surface area contributed by atoms with E-state index in [2.05, 4.69) is 9.62 Å². The highest BCUT2D eigenvalue weighted by atomic mass is 32.2. The highest BCUT2D eigenvalue weighted by molar-refractivity contribution is 7.89. The van der Waals surface area contributed by atoms with Gasteiger partial charge in [-0.3, -0.25) is 0 Å². The Kier molecular flexibility index (Phi) is 5.37. The van der Waals surface area contributed by atoms with Crippen molar-refractivity contribution < 1.29 is 18.3 Å². The number of carboxylic acid groups (broad SMARTS) is 1. The zero-order valence-corrected chi connectivity index (χ0v) is 13.6. The lowest BCUT2D eigenvalue weighted by molar-refractivity contribution is 0.0698. The lowest BCUT2D eigenvalue weighted by atomic mass is 10.1. The van der Waals surface area contributed by atoms with Gasteiger partial charge in [-0.1, -0.05) is 6.42 Å². The number of hydrogen-bond donors (Lipinski definition) is 2. The Labute approximate surface area is 128 Å². The highest BCUT2D eigenvalue weighted by Crippen LogP contribution is 2.26. The second-order valence-corrected chi connectivity index (χ2v) is 7.77. The van der Waals surface area contributed by atoms with Gasteiger partial charge in [0.25, 0.3) is 0 Å². The Hall–Kier alpha value is -0.960. The average Bonchev–Trinajstić information content (AvgIpc) is 2.83. The predicted molar refractivity (Wildman–Crippen MR) is 81.5 cm³/mol. The van der Waals surface area contributed by atoms with Gasteiger partial charge in [0.15, 0.2) is 0 Å². The molecule has 0 bridgehead atoms. The van der Waals surface area contributed by atoms with Crippen LogP contribution in [0.25, 0.3) is 0 Å². The van der Waals surface area contributed by atoms with Crippen molar-refractivity contribution >= 4 is 27.3 Å². The second kappa shape index (κ2) is 6.87. The van der Waals surface area contributed by atoms with Crippen molar-refractivity contribution in [1.82, 2.24) is 9.62 Å². The van der Waals surface area contributed by atoms with E-state index in [1.54, 1.807) is 12.3 Å². The normalized spacial score (nSPS) is 17.0. The van der Waals surface area contributed by atoms with E-state index in [1.165, 1.54) is 6.42 Å². The van der Waals surface area contributed by atoms with Crippen molar-refractivity contribution in [3.05, 3.63) is 15.8 Å². The number of sulfonamides is 1. The molecule has 1 aliphatic rings. The molecule has 0 aliphatic carbocycles. The van der Waals surface area contributed by atoms with Crippen LogP contribution in [0, 0.1) is 6.92 Å². The Morgan fingerprint density at radius 1 is 1.38 bits per heavy atom. The first-order valence-corrected chi connectivity index (χ1v) is 9.31. The monoisotopic (exact) mass is 332 g/mol. The molecule has 8 heteroatoms. The van der Waals surface area contributed by atoms with Crippen molar-refractivity contribution in [2.45, 2.75) is 31.1 Å². The topological polar surface area (TPSA) is 86.7 Å². The molecule has 2 N–H and O–H groups in total. The molecule has 1 aromatic heterocycles. The number of piperidine rings is 1. The minimum Gasteiger partial charge on any atom is -0.477 e. The fourth-order valence-electron chi connectivity index (χ4n) is 2.51. The van der Waals surface area contributed by atoms with Gasteiger partial charge in [-0.2, -0.15) is 0 Å². The van der Waals surface area contributed by atoms with Gasteiger partial charge >= 0.3 is 5.97 Å². The van der Waals surface area contributed by atoms with Crippen molar-refractivity contribution in [2.75, 3.05) is 26.2 Å². The molecule has 0 saturated carbocycles. The van der Waals surface area contributed by atoms with E-state index in [1.807, 2.05) is 0 Å². The molecular weight excluding hydrogens is 312 g/mol. The molecule has 0 radical (unpaired) electrons. The fraction of sp³-hybridized carbons (Fsp3) is 0.615. The van der Waals surface area contributed by atoms with Crippen molar-refractivity contribution in [2.24, 2.45) is 0 Å². The number of carboxylic acids is 1. The summed E-state index contributed by atoms with van der Waals surface area (Å²) in [4.78, 5) is 13.1. The van der Waals surface area contributed by atoms with Gasteiger partial charge in [-0.05, 0) is 43.8 Å². The number of likely N-dealkylation sites (tertiary alicyclic amines) is 1. The third-order valence-electron chi connectivity index (χ3n) is 3.55. The van der Waals surface area contributed by atoms with E-state index >= 15 is 0 Å². The predicted octanol–water partition coefficient (Wildman–Crippen LogP) is 1.52. The maximum Gasteiger partial charge on any atom is 0.347 e. The Bertz CT molecular complexity index is 604. The molecule has 2 rings (SSSR count). The van der Waals surface area contributed by atoms with E-state index < -0.39 is 16.0 Å². The van der Waals surface area contributed by atoms with Crippen LogP contribution in [0.1, 0.15) is 34.5 Å². The molecule has 1 saturated heterocycles. The Morgan fingerprint density at radius 2 is 2.05 bits per heavy atom. The summed E-state index contributed by atoms with van der Waals surface area (Å²) in [6, 6.07) is 0. The lowest BCUT2D eigenvalue weighted by Gasteiger charge is -2.26. The fourth-order valence-corrected chi connectivity index (χ4v) is 5.16. The van der Waals surface area contributed by atoms with Gasteiger partial charge in [0.05, 0.1) is 0 Å². The Balaban J connectivity index is 2.01. The summed E-state index contributed by atoms with van der Waals surface area (Å²) in [6.45, 7) is 4.57. The van der Waals surface area contributed by atoms with Gasteiger partial charge in [0.2, 0.25) is 10.0 Å². The molecule has 1 aliphatic heterocycles. The zero-order chi connectivity index (χ0) is 15.5. The largest absolute Gasteiger partial charge is 0.477 e. The maximum atomic E-state index is 12.3. The number of nitrogens with zero attached hydrogens (tertiary/aromatic N) is 1. The quantitative estimate of drug-likeness (QED) is 0.825. The molecule has 0 atom stereocenters. The molecule has 0 amide bonds. The number of nitrogens with one attached hydrogen (secondary N) is 1. The summed E-state index contributed by atoms with van der Waals surface area (Å²) in [5.41, 5.74) is 0.475. The number of carbonyl (C=O) groups is 1. The summed E-state index contributed by atoms with van der Waals surface area (Å²) < 4.78 is 27.1. The van der Waals surface area contributed by atoms with Crippen molar-refractivity contribution in [3.63, 3.8) is 0 Å². The maximum absolute atomic E-state index is 12.3. The van der Waals surface area contributed by atoms with Crippen LogP contribution in [0.2, 0.25) is 0 Å². The van der Waals surface area contributed by atoms with Crippen LogP contribution in [-0.4, -0.2) is 50.6 Å². The number of hydrogen-bond acceptors (Lipinski definition) is 5. The molecule has 0 unspecified atom stereocenters. The third kappa shape index (κ3) is 4.03. The van der Waals surface area contributed by atoms with E-state index in [-0.39, 0.29) is 9.77 Å². The minimum atomic E-state index is -3.77. The van der Waals surface area contributed by atoms with Crippen LogP contribution in [0.3, 0.4) is 0 Å². The molecule has 2 heterocycles. The van der Waals surface area contributed by atoms with Gasteiger partial charge in [0.1, 0.15) is 9.77 Å². The van der Waals surface area contributed by atoms with Crippen LogP contribution in [-0.2, 0) is 10.0 Å². The first-order valence-electron chi connectivity index (χ1n) is 6.95. The molecule has 1 fully saturated rings. The third-order valence-corrected chi connectivity index (χ3v) is 6.41. The molecule has 0 spiro atoms. The number of thiophene rings is 1. The number of aromatic carboxylic acids is 1. The van der Waals surface area contributed by atoms with Crippen LogP contribution < -0.4 is 4.72 Å². The molecule has 21 heavy (non-hydrogen) atoms. The van der Waals surface area contributed by atoms with Gasteiger partial charge in [0, 0.05) is 13.1 Å². The molecule has 0 aromatic carbocycles. The first-order chi connectivity index (χ1) is 9.92. The molecule has 118 valence electrons. The zero-order valence-electron chi connectivity index (χ0n) is 12.0. The SMILES string of the molecule is Cc1csc(C(=O)O)c1S(=O)(=O)NCCN1CCCCC1. The van der Waals surface area contributed by atoms with Gasteiger partial charge in [-0.15, -0.1) is 11.3 Å². The van der Waals surface area contributed by atoms with Crippen molar-refractivity contribution in [3.8, 4) is 0 Å². The van der Waals surface area contributed by atoms with E-state index in [0.29, 0.717) is 18.7 Å². The molecular formula is C13H20N2O4S2. The van der Waals surface area contributed by atoms with E-state index in [0.717, 1.165) is 37.3 Å². The lowest BCUT2D eigenvalue weighted by Crippen LogP contribution is -2.37. The smallest absolute Gasteiger partial charge is 0.347 e. The summed E-state index contributed by atoms with van der Waals surface area (Å²) in [7, 11) is -3.77. The first kappa shape index (κ1) is 16.4. The standard InChI is InChI=1S/C13H20N2O4S2/c1-10-9-20-11(13(16)17)12(10)21(18,19)14-5-8-15-6-3-2-4-7-15/h9,14H,2-8H2,1H3,(H,16,17). The summed E-state index contributed by atoms with van der Waals surface area (Å²) >= 11 is 0.944. The van der Waals surface area contributed by atoms with Crippen LogP contribution in [0.4, 0.5) is 0 Å². The van der Waals surface area contributed by atoms with Crippen LogP contribution in [0.15, 0.2) is 10.3 Å². The average molecular weight is 332 g/mol.